The first kappa shape index (κ1) is 12.2. The first-order chi connectivity index (χ1) is 9.16. The molecule has 2 aromatic rings. The van der Waals surface area contributed by atoms with Gasteiger partial charge < -0.3 is 9.47 Å². The van der Waals surface area contributed by atoms with Crippen molar-refractivity contribution in [3.8, 4) is 6.07 Å². The van der Waals surface area contributed by atoms with Crippen LogP contribution in [-0.2, 0) is 12.5 Å². The lowest BCUT2D eigenvalue weighted by molar-refractivity contribution is 0.214. The summed E-state index contributed by atoms with van der Waals surface area (Å²) in [6.45, 7) is 1.91. The van der Waals surface area contributed by atoms with E-state index in [2.05, 4.69) is 28.7 Å². The summed E-state index contributed by atoms with van der Waals surface area (Å²) in [5.41, 5.74) is 1.65. The van der Waals surface area contributed by atoms with Crippen LogP contribution in [0.4, 0.5) is 0 Å². The molecule has 0 N–H and O–H groups in total. The molecule has 19 heavy (non-hydrogen) atoms. The molecule has 0 unspecified atom stereocenters. The number of likely N-dealkylation sites (tertiary alicyclic amines) is 1. The maximum absolute atomic E-state index is 9.71. The van der Waals surface area contributed by atoms with Crippen molar-refractivity contribution < 1.29 is 0 Å². The van der Waals surface area contributed by atoms with Crippen LogP contribution in [0.15, 0.2) is 24.3 Å². The highest BCUT2D eigenvalue weighted by Crippen LogP contribution is 2.35. The molecule has 0 saturated carbocycles. The Kier molecular flexibility index (Phi) is 2.79. The largest absolute Gasteiger partial charge is 0.330 e. The van der Waals surface area contributed by atoms with Gasteiger partial charge in [-0.2, -0.15) is 5.26 Å². The first-order valence-corrected chi connectivity index (χ1v) is 6.68. The average Bonchev–Trinajstić information content (AvgIpc) is 2.79. The maximum Gasteiger partial charge on any atom is 0.130 e. The molecule has 0 spiro atoms. The Labute approximate surface area is 113 Å². The molecule has 0 radical (unpaired) electrons. The molecule has 1 aliphatic heterocycles. The van der Waals surface area contributed by atoms with Crippen molar-refractivity contribution in [3.05, 3.63) is 30.1 Å². The second-order valence-electron chi connectivity index (χ2n) is 5.48. The zero-order chi connectivity index (χ0) is 13.5. The van der Waals surface area contributed by atoms with Gasteiger partial charge in [-0.05, 0) is 45.1 Å². The third-order valence-electron chi connectivity index (χ3n) is 4.27. The predicted octanol–water partition coefficient (Wildman–Crippen LogP) is 2.06. The number of nitriles is 1. The topological polar surface area (TPSA) is 44.9 Å². The van der Waals surface area contributed by atoms with Crippen LogP contribution in [0.2, 0.25) is 0 Å². The number of hydrogen-bond acceptors (Lipinski definition) is 3. The van der Waals surface area contributed by atoms with E-state index in [0.29, 0.717) is 0 Å². The van der Waals surface area contributed by atoms with Gasteiger partial charge in [0.2, 0.25) is 0 Å². The average molecular weight is 254 g/mol. The van der Waals surface area contributed by atoms with Crippen LogP contribution in [-0.4, -0.2) is 34.6 Å². The smallest absolute Gasteiger partial charge is 0.130 e. The maximum atomic E-state index is 9.71. The molecule has 1 aromatic heterocycles. The number of piperidine rings is 1. The Bertz CT molecular complexity index is 642. The summed E-state index contributed by atoms with van der Waals surface area (Å²) in [5, 5.41) is 9.71. The van der Waals surface area contributed by atoms with Crippen molar-refractivity contribution in [1.29, 1.82) is 5.26 Å². The Morgan fingerprint density at radius 3 is 2.53 bits per heavy atom. The molecule has 0 bridgehead atoms. The number of aromatic nitrogens is 2. The van der Waals surface area contributed by atoms with Crippen molar-refractivity contribution in [2.45, 2.75) is 18.3 Å². The molecule has 1 saturated heterocycles. The monoisotopic (exact) mass is 254 g/mol. The second kappa shape index (κ2) is 4.36. The van der Waals surface area contributed by atoms with Crippen LogP contribution in [0.5, 0.6) is 0 Å². The first-order valence-electron chi connectivity index (χ1n) is 6.68. The molecule has 0 atom stereocenters. The van der Waals surface area contributed by atoms with Crippen molar-refractivity contribution in [3.63, 3.8) is 0 Å². The molecule has 1 fully saturated rings. The lowest BCUT2D eigenvalue weighted by atomic mass is 9.79. The number of para-hydroxylation sites is 2. The zero-order valence-electron chi connectivity index (χ0n) is 11.4. The van der Waals surface area contributed by atoms with Gasteiger partial charge in [-0.25, -0.2) is 4.98 Å². The van der Waals surface area contributed by atoms with E-state index in [1.54, 1.807) is 0 Å². The molecular weight excluding hydrogens is 236 g/mol. The second-order valence-corrected chi connectivity index (χ2v) is 5.48. The third-order valence-corrected chi connectivity index (χ3v) is 4.27. The number of fused-ring (bicyclic) bond motifs is 1. The number of rotatable bonds is 1. The van der Waals surface area contributed by atoms with Crippen LogP contribution < -0.4 is 0 Å². The number of hydrogen-bond donors (Lipinski definition) is 0. The molecule has 4 nitrogen and oxygen atoms in total. The summed E-state index contributed by atoms with van der Waals surface area (Å²) >= 11 is 0. The van der Waals surface area contributed by atoms with Gasteiger partial charge in [0.05, 0.1) is 17.1 Å². The van der Waals surface area contributed by atoms with Gasteiger partial charge in [0, 0.05) is 7.05 Å². The van der Waals surface area contributed by atoms with Crippen molar-refractivity contribution in [2.24, 2.45) is 7.05 Å². The minimum atomic E-state index is -0.430. The summed E-state index contributed by atoms with van der Waals surface area (Å²) < 4.78 is 2.09. The van der Waals surface area contributed by atoms with E-state index in [-0.39, 0.29) is 0 Å². The van der Waals surface area contributed by atoms with Crippen LogP contribution in [0.25, 0.3) is 11.0 Å². The van der Waals surface area contributed by atoms with E-state index in [9.17, 15) is 5.26 Å². The molecule has 0 aliphatic carbocycles. The number of nitrogens with zero attached hydrogens (tertiary/aromatic N) is 4. The van der Waals surface area contributed by atoms with E-state index >= 15 is 0 Å². The van der Waals surface area contributed by atoms with Gasteiger partial charge in [-0.1, -0.05) is 12.1 Å². The summed E-state index contributed by atoms with van der Waals surface area (Å²) in [6.07, 6.45) is 1.72. The lowest BCUT2D eigenvalue weighted by Gasteiger charge is -2.34. The van der Waals surface area contributed by atoms with Crippen LogP contribution >= 0.6 is 0 Å². The van der Waals surface area contributed by atoms with Gasteiger partial charge in [-0.3, -0.25) is 0 Å². The SMILES string of the molecule is CN1CCC(C#N)(c2nc3ccccc3n2C)CC1. The van der Waals surface area contributed by atoms with E-state index in [1.807, 2.05) is 25.2 Å². The fourth-order valence-corrected chi connectivity index (χ4v) is 2.96. The molecule has 4 heteroatoms. The van der Waals surface area contributed by atoms with Crippen LogP contribution in [0.1, 0.15) is 18.7 Å². The highest BCUT2D eigenvalue weighted by molar-refractivity contribution is 5.76. The molecule has 0 amide bonds. The Morgan fingerprint density at radius 2 is 1.89 bits per heavy atom. The summed E-state index contributed by atoms with van der Waals surface area (Å²) in [4.78, 5) is 7.00. The van der Waals surface area contributed by atoms with Gasteiger partial charge in [0.1, 0.15) is 11.2 Å². The molecule has 1 aromatic carbocycles. The quantitative estimate of drug-likeness (QED) is 0.782. The molecule has 2 heterocycles. The predicted molar refractivity (Wildman–Crippen MR) is 74.7 cm³/mol. The molecule has 1 aliphatic rings. The van der Waals surface area contributed by atoms with Gasteiger partial charge >= 0.3 is 0 Å². The van der Waals surface area contributed by atoms with E-state index in [1.165, 1.54) is 0 Å². The zero-order valence-corrected chi connectivity index (χ0v) is 11.4. The fraction of sp³-hybridized carbons (Fsp3) is 0.467. The van der Waals surface area contributed by atoms with Crippen molar-refractivity contribution >= 4 is 11.0 Å². The standard InChI is InChI=1S/C15H18N4/c1-18-9-7-15(11-16,8-10-18)14-17-12-5-3-4-6-13(12)19(14)2/h3-6H,7-10H2,1-2H3. The summed E-state index contributed by atoms with van der Waals surface area (Å²) in [5.74, 6) is 0.921. The Morgan fingerprint density at radius 1 is 1.21 bits per heavy atom. The summed E-state index contributed by atoms with van der Waals surface area (Å²) in [6, 6.07) is 10.6. The molecule has 3 rings (SSSR count). The third kappa shape index (κ3) is 1.82. The number of imidazole rings is 1. The number of benzene rings is 1. The lowest BCUT2D eigenvalue weighted by Crippen LogP contribution is -2.41. The van der Waals surface area contributed by atoms with Gasteiger partial charge in [0.25, 0.3) is 0 Å². The Balaban J connectivity index is 2.12. The highest BCUT2D eigenvalue weighted by atomic mass is 15.1. The molecule has 98 valence electrons. The van der Waals surface area contributed by atoms with Crippen LogP contribution in [0.3, 0.4) is 0 Å². The number of aryl methyl sites for hydroxylation is 1. The van der Waals surface area contributed by atoms with Gasteiger partial charge in [-0.15, -0.1) is 0 Å². The van der Waals surface area contributed by atoms with E-state index in [4.69, 9.17) is 4.98 Å². The van der Waals surface area contributed by atoms with Crippen molar-refractivity contribution in [1.82, 2.24) is 14.5 Å². The Hall–Kier alpha value is -1.86. The van der Waals surface area contributed by atoms with E-state index < -0.39 is 5.41 Å². The minimum absolute atomic E-state index is 0.430. The minimum Gasteiger partial charge on any atom is -0.330 e. The molecular formula is C15H18N4. The van der Waals surface area contributed by atoms with Crippen LogP contribution in [0, 0.1) is 11.3 Å². The van der Waals surface area contributed by atoms with Crippen molar-refractivity contribution in [2.75, 3.05) is 20.1 Å². The fourth-order valence-electron chi connectivity index (χ4n) is 2.96. The van der Waals surface area contributed by atoms with E-state index in [0.717, 1.165) is 42.8 Å². The normalized spacial score (nSPS) is 19.4. The van der Waals surface area contributed by atoms with Gasteiger partial charge in [0.15, 0.2) is 0 Å². The highest BCUT2D eigenvalue weighted by Gasteiger charge is 2.39. The summed E-state index contributed by atoms with van der Waals surface area (Å²) in [7, 11) is 4.12.